The maximum Gasteiger partial charge on any atom is 0.207 e. The Labute approximate surface area is 574 Å². The average molecular weight is 1300 g/mol. The zero-order valence-corrected chi connectivity index (χ0v) is 62.0. The van der Waals surface area contributed by atoms with Crippen LogP contribution in [0.25, 0.3) is 0 Å². The summed E-state index contributed by atoms with van der Waals surface area (Å²) in [6.07, 6.45) is 5.81. The second-order valence-corrected chi connectivity index (χ2v) is 37.1. The Hall–Kier alpha value is -7.71. The fourth-order valence-electron chi connectivity index (χ4n) is 17.9. The molecule has 0 radical (unpaired) electrons. The molecule has 1 aliphatic carbocycles. The summed E-state index contributed by atoms with van der Waals surface area (Å²) in [6, 6.07) is 41.5. The van der Waals surface area contributed by atoms with E-state index in [9.17, 15) is 30.6 Å². The standard InChI is InChI=1S/C88H110O8/c1-80(2,3)64-49-33-25-35-51(71(49)89)65(81(4,5)6)53-37-27-39-55(73(53)91)67(83(10,11)12)57-41-29-43-59(75(57)93)69(85(16,17)18)61-45-31-46-63-77(61)96-88(78(63)87(22,23)24)48-32-47-62(79(88)95)70(86(19,20)21)60-44-30-42-58(76(60)94)68(84(13,14)15)56-40-28-38-54(74(56)92)66(82(7,8)9)52-36-26-34-50(64)72(52)90/h25-48,64-70,78,89-94H,1-24H3. The van der Waals surface area contributed by atoms with Gasteiger partial charge in [0.1, 0.15) is 40.2 Å². The van der Waals surface area contributed by atoms with Crippen LogP contribution in [0.2, 0.25) is 0 Å². The first-order valence-corrected chi connectivity index (χ1v) is 34.8. The zero-order valence-electron chi connectivity index (χ0n) is 62.0. The Morgan fingerprint density at radius 3 is 0.698 bits per heavy atom. The highest BCUT2D eigenvalue weighted by molar-refractivity contribution is 6.08. The number of carbonyl (C=O) groups excluding carboxylic acids is 1. The van der Waals surface area contributed by atoms with Gasteiger partial charge in [0.2, 0.25) is 5.78 Å². The minimum absolute atomic E-state index is 0.0404. The summed E-state index contributed by atoms with van der Waals surface area (Å²) in [5.41, 5.74) is 3.52. The van der Waals surface area contributed by atoms with Crippen molar-refractivity contribution in [3.63, 3.8) is 0 Å². The SMILES string of the molecule is CC(C)(C)C1C2=CC=CC3(Oc4c(cccc4C3C(C)(C)C)C(C(C)(C)C)c3cccc(c3O)C(C(C)(C)C)c3cccc(c3O)C(C(C)(C)C)c3cccc(c3O)C(C(C)(C)C)c3cccc(c3O)C(C(C)(C)C)c3cccc(c3O)C(C(C)(C)C)c3cccc1c3O)C2=O. The second kappa shape index (κ2) is 24.1. The number of rotatable bonds is 0. The van der Waals surface area contributed by atoms with Gasteiger partial charge in [-0.2, -0.15) is 0 Å². The van der Waals surface area contributed by atoms with E-state index in [0.717, 1.165) is 11.1 Å². The Kier molecular flexibility index (Phi) is 17.8. The van der Waals surface area contributed by atoms with E-state index in [1.165, 1.54) is 0 Å². The predicted octanol–water partition coefficient (Wildman–Crippen LogP) is 22.5. The van der Waals surface area contributed by atoms with Crippen LogP contribution < -0.4 is 4.74 Å². The molecule has 9 atom stereocenters. The number of carbonyl (C=O) groups is 1. The molecule has 7 aromatic rings. The van der Waals surface area contributed by atoms with E-state index >= 15 is 4.79 Å². The first-order valence-electron chi connectivity index (χ1n) is 34.8. The molecule has 8 heteroatoms. The number of fused-ring (bicyclic) bond motifs is 13. The summed E-state index contributed by atoms with van der Waals surface area (Å²) in [6.45, 7) is 51.1. The maximum absolute atomic E-state index is 16.7. The van der Waals surface area contributed by atoms with Crippen LogP contribution in [0, 0.1) is 43.3 Å². The average Bonchev–Trinajstić information content (AvgIpc) is 1.50. The summed E-state index contributed by atoms with van der Waals surface area (Å²) < 4.78 is 7.63. The molecule has 2 heterocycles. The summed E-state index contributed by atoms with van der Waals surface area (Å²) in [4.78, 5) is 16.7. The topological polar surface area (TPSA) is 148 Å². The van der Waals surface area contributed by atoms with Crippen molar-refractivity contribution in [2.45, 2.75) is 219 Å². The van der Waals surface area contributed by atoms with Crippen molar-refractivity contribution < 1.29 is 40.2 Å². The summed E-state index contributed by atoms with van der Waals surface area (Å²) >= 11 is 0. The van der Waals surface area contributed by atoms with Crippen LogP contribution in [0.3, 0.4) is 0 Å². The zero-order chi connectivity index (χ0) is 71.1. The molecule has 10 rings (SSSR count). The van der Waals surface area contributed by atoms with Crippen LogP contribution in [0.15, 0.2) is 151 Å². The number of hydrogen-bond acceptors (Lipinski definition) is 8. The number of ether oxygens (including phenoxy) is 1. The van der Waals surface area contributed by atoms with Crippen molar-refractivity contribution in [3.8, 4) is 40.2 Å². The molecule has 9 unspecified atom stereocenters. The molecule has 0 fully saturated rings. The number of aromatic hydroxyl groups is 6. The van der Waals surface area contributed by atoms with Gasteiger partial charge >= 0.3 is 0 Å². The third-order valence-corrected chi connectivity index (χ3v) is 21.2. The van der Waals surface area contributed by atoms with E-state index in [4.69, 9.17) is 4.74 Å². The van der Waals surface area contributed by atoms with Gasteiger partial charge in [0.15, 0.2) is 5.60 Å². The van der Waals surface area contributed by atoms with Gasteiger partial charge in [-0.25, -0.2) is 0 Å². The van der Waals surface area contributed by atoms with Gasteiger partial charge < -0.3 is 35.4 Å². The minimum Gasteiger partial charge on any atom is -0.507 e. The van der Waals surface area contributed by atoms with Crippen molar-refractivity contribution >= 4 is 5.78 Å². The predicted molar refractivity (Wildman–Crippen MR) is 393 cm³/mol. The summed E-state index contributed by atoms with van der Waals surface area (Å²) in [7, 11) is 0. The number of benzene rings is 7. The Morgan fingerprint density at radius 2 is 0.479 bits per heavy atom. The molecule has 15 bridgehead atoms. The molecule has 7 aromatic carbocycles. The fraction of sp³-hybridized carbons (Fsp3) is 0.466. The minimum atomic E-state index is -1.52. The monoisotopic (exact) mass is 1290 g/mol. The third kappa shape index (κ3) is 12.3. The molecule has 0 saturated heterocycles. The largest absolute Gasteiger partial charge is 0.507 e. The number of phenols is 6. The van der Waals surface area contributed by atoms with Crippen LogP contribution in [-0.2, 0) is 4.79 Å². The van der Waals surface area contributed by atoms with Gasteiger partial charge in [-0.3, -0.25) is 4.79 Å². The molecule has 96 heavy (non-hydrogen) atoms. The molecule has 0 amide bonds. The lowest BCUT2D eigenvalue weighted by atomic mass is 9.61. The number of allylic oxidation sites excluding steroid dienone is 2. The molecular formula is C88H110O8. The van der Waals surface area contributed by atoms with Gasteiger partial charge in [0.25, 0.3) is 0 Å². The quantitative estimate of drug-likeness (QED) is 0.0880. The van der Waals surface area contributed by atoms with E-state index in [0.29, 0.717) is 78.1 Å². The van der Waals surface area contributed by atoms with E-state index in [1.807, 2.05) is 127 Å². The van der Waals surface area contributed by atoms with Crippen LogP contribution >= 0.6 is 0 Å². The smallest absolute Gasteiger partial charge is 0.207 e. The molecule has 8 nitrogen and oxygen atoms in total. The van der Waals surface area contributed by atoms with Crippen molar-refractivity contribution in [3.05, 3.63) is 229 Å². The third-order valence-electron chi connectivity index (χ3n) is 21.2. The normalized spacial score (nSPS) is 23.0. The fourth-order valence-corrected chi connectivity index (χ4v) is 17.9. The van der Waals surface area contributed by atoms with Crippen LogP contribution in [0.4, 0.5) is 0 Å². The maximum atomic E-state index is 16.7. The van der Waals surface area contributed by atoms with Crippen molar-refractivity contribution in [2.24, 2.45) is 43.3 Å². The Morgan fingerprint density at radius 1 is 0.281 bits per heavy atom. The molecule has 510 valence electrons. The van der Waals surface area contributed by atoms with Crippen molar-refractivity contribution in [1.29, 1.82) is 0 Å². The van der Waals surface area contributed by atoms with Crippen LogP contribution in [0.1, 0.15) is 291 Å². The first-order chi connectivity index (χ1) is 44.2. The Balaban J connectivity index is 1.30. The van der Waals surface area contributed by atoms with E-state index in [-0.39, 0.29) is 40.3 Å². The van der Waals surface area contributed by atoms with E-state index in [1.54, 1.807) is 0 Å². The van der Waals surface area contributed by atoms with Gasteiger partial charge in [0.05, 0.1) is 0 Å². The number of hydrogen-bond donors (Lipinski definition) is 6. The number of phenolic OH excluding ortho intramolecular Hbond substituents is 6. The van der Waals surface area contributed by atoms with E-state index in [2.05, 4.69) is 184 Å². The van der Waals surface area contributed by atoms with E-state index < -0.39 is 96.3 Å². The molecule has 1 spiro atoms. The molecule has 6 N–H and O–H groups in total. The van der Waals surface area contributed by atoms with Crippen LogP contribution in [-0.4, -0.2) is 42.0 Å². The molecule has 0 saturated carbocycles. The first kappa shape index (κ1) is 71.1. The molecule has 0 aromatic heterocycles. The Bertz CT molecular complexity index is 4210. The highest BCUT2D eigenvalue weighted by Crippen LogP contribution is 2.64. The lowest BCUT2D eigenvalue weighted by Gasteiger charge is -2.43. The number of Topliss-reactive ketones (excluding diaryl/α,β-unsaturated/α-hetero) is 1. The van der Waals surface area contributed by atoms with Crippen molar-refractivity contribution in [1.82, 2.24) is 0 Å². The van der Waals surface area contributed by atoms with Gasteiger partial charge in [0, 0.05) is 131 Å². The second-order valence-electron chi connectivity index (χ2n) is 37.1. The van der Waals surface area contributed by atoms with Crippen molar-refractivity contribution in [2.75, 3.05) is 0 Å². The molecule has 2 aliphatic heterocycles. The van der Waals surface area contributed by atoms with Gasteiger partial charge in [-0.15, -0.1) is 0 Å². The van der Waals surface area contributed by atoms with Gasteiger partial charge in [-0.05, 0) is 49.4 Å². The number of ketones is 1. The highest BCUT2D eigenvalue weighted by Gasteiger charge is 2.60. The summed E-state index contributed by atoms with van der Waals surface area (Å²) in [5.74, 6) is -3.64. The molecular weight excluding hydrogens is 1180 g/mol. The number of para-hydroxylation sites is 7. The van der Waals surface area contributed by atoms with Crippen LogP contribution in [0.5, 0.6) is 40.2 Å². The summed E-state index contributed by atoms with van der Waals surface area (Å²) in [5, 5.41) is 80.1. The lowest BCUT2D eigenvalue weighted by Crippen LogP contribution is -2.51. The van der Waals surface area contributed by atoms with Gasteiger partial charge in [-0.1, -0.05) is 306 Å². The molecule has 3 aliphatic rings. The highest BCUT2D eigenvalue weighted by atomic mass is 16.5. The lowest BCUT2D eigenvalue weighted by molar-refractivity contribution is -0.129.